The summed E-state index contributed by atoms with van der Waals surface area (Å²) in [5, 5.41) is 10.6. The molecule has 2 aromatic carbocycles. The van der Waals surface area contributed by atoms with Crippen LogP contribution in [-0.2, 0) is 13.0 Å². The highest BCUT2D eigenvalue weighted by Crippen LogP contribution is 2.41. The molecule has 0 saturated heterocycles. The van der Waals surface area contributed by atoms with Crippen LogP contribution in [0.4, 0.5) is 0 Å². The number of halogens is 1. The van der Waals surface area contributed by atoms with Gasteiger partial charge >= 0.3 is 0 Å². The molecule has 1 heterocycles. The second kappa shape index (κ2) is 6.37. The Bertz CT molecular complexity index is 643. The van der Waals surface area contributed by atoms with E-state index in [9.17, 15) is 5.11 Å². The van der Waals surface area contributed by atoms with Crippen molar-refractivity contribution < 1.29 is 27.2 Å². The molecule has 1 atom stereocenters. The average Bonchev–Trinajstić information content (AvgIpc) is 2.44. The lowest BCUT2D eigenvalue weighted by atomic mass is 9.91. The van der Waals surface area contributed by atoms with E-state index in [0.29, 0.717) is 5.75 Å². The van der Waals surface area contributed by atoms with Crippen LogP contribution in [0.15, 0.2) is 36.4 Å². The first kappa shape index (κ1) is 15.7. The molecular weight excluding hydrogens is 286 g/mol. The molecule has 2 aromatic rings. The summed E-state index contributed by atoms with van der Waals surface area (Å²) in [6.07, 6.45) is 1.03. The Hall–Kier alpha value is -1.71. The lowest BCUT2D eigenvalue weighted by Crippen LogP contribution is -3.08. The number of ether oxygens (including phenoxy) is 1. The zero-order chi connectivity index (χ0) is 14.1. The zero-order valence-electron chi connectivity index (χ0n) is 12.3. The minimum absolute atomic E-state index is 0. The van der Waals surface area contributed by atoms with Gasteiger partial charge < -0.3 is 27.2 Å². The Morgan fingerprint density at radius 1 is 1.10 bits per heavy atom. The summed E-state index contributed by atoms with van der Waals surface area (Å²) >= 11 is 0. The van der Waals surface area contributed by atoms with E-state index in [2.05, 4.69) is 31.3 Å². The van der Waals surface area contributed by atoms with Gasteiger partial charge in [0.2, 0.25) is 0 Å². The molecule has 0 aliphatic carbocycles. The zero-order valence-corrected chi connectivity index (χ0v) is 13.1. The van der Waals surface area contributed by atoms with Crippen molar-refractivity contribution >= 4 is 0 Å². The van der Waals surface area contributed by atoms with Gasteiger partial charge in [-0.25, -0.2) is 0 Å². The monoisotopic (exact) mass is 305 g/mol. The molecule has 0 saturated carbocycles. The molecule has 0 radical (unpaired) electrons. The minimum Gasteiger partial charge on any atom is -1.00 e. The fourth-order valence-corrected chi connectivity index (χ4v) is 2.97. The number of phenolic OH excluding ortho intramolecular Hbond substituents is 1. The third-order valence-electron chi connectivity index (χ3n) is 4.05. The van der Waals surface area contributed by atoms with E-state index in [1.54, 1.807) is 7.11 Å². The maximum absolute atomic E-state index is 10.6. The molecule has 21 heavy (non-hydrogen) atoms. The highest BCUT2D eigenvalue weighted by atomic mass is 35.5. The van der Waals surface area contributed by atoms with Crippen molar-refractivity contribution in [3.63, 3.8) is 0 Å². The van der Waals surface area contributed by atoms with Gasteiger partial charge in [0.25, 0.3) is 0 Å². The molecule has 1 aliphatic rings. The van der Waals surface area contributed by atoms with Crippen molar-refractivity contribution in [2.45, 2.75) is 13.0 Å². The number of hydrogen-bond donors (Lipinski definition) is 2. The number of rotatable bonds is 1. The van der Waals surface area contributed by atoms with Crippen LogP contribution >= 0.6 is 0 Å². The number of methoxy groups -OCH3 is 1. The van der Waals surface area contributed by atoms with E-state index < -0.39 is 0 Å². The minimum atomic E-state index is 0. The number of hydrogen-bond acceptors (Lipinski definition) is 2. The highest BCUT2D eigenvalue weighted by Gasteiger charge is 2.22. The van der Waals surface area contributed by atoms with Gasteiger partial charge in [-0.05, 0) is 23.3 Å². The summed E-state index contributed by atoms with van der Waals surface area (Å²) in [4.78, 5) is 1.45. The Kier molecular flexibility index (Phi) is 4.76. The van der Waals surface area contributed by atoms with Crippen LogP contribution in [-0.4, -0.2) is 25.8 Å². The van der Waals surface area contributed by atoms with Crippen LogP contribution in [0.5, 0.6) is 11.5 Å². The van der Waals surface area contributed by atoms with Crippen LogP contribution < -0.4 is 22.0 Å². The van der Waals surface area contributed by atoms with Crippen LogP contribution in [0, 0.1) is 0 Å². The van der Waals surface area contributed by atoms with Crippen LogP contribution in [0.3, 0.4) is 0 Å². The van der Waals surface area contributed by atoms with E-state index in [0.717, 1.165) is 30.6 Å². The number of benzene rings is 2. The predicted octanol–water partition coefficient (Wildman–Crippen LogP) is -1.36. The number of quaternary nitrogens is 1. The lowest BCUT2D eigenvalue weighted by molar-refractivity contribution is -0.893. The summed E-state index contributed by atoms with van der Waals surface area (Å²) in [6.45, 7) is 2.02. The van der Waals surface area contributed by atoms with Crippen molar-refractivity contribution in [2.24, 2.45) is 0 Å². The summed E-state index contributed by atoms with van der Waals surface area (Å²) in [5.41, 5.74) is 4.52. The van der Waals surface area contributed by atoms with Crippen molar-refractivity contribution in [2.75, 3.05) is 20.7 Å². The Morgan fingerprint density at radius 2 is 1.86 bits per heavy atom. The van der Waals surface area contributed by atoms with E-state index in [1.807, 2.05) is 12.1 Å². The van der Waals surface area contributed by atoms with Gasteiger partial charge in [0.05, 0.1) is 20.7 Å². The molecule has 1 aliphatic heterocycles. The SMILES string of the molecule is COc1ccc2c(c1O)-c1ccccc1CC[NH+](C)C2.[Cl-]. The van der Waals surface area contributed by atoms with Gasteiger partial charge in [-0.1, -0.05) is 24.3 Å². The van der Waals surface area contributed by atoms with Gasteiger partial charge in [0, 0.05) is 17.5 Å². The fraction of sp³-hybridized carbons (Fsp3) is 0.294. The topological polar surface area (TPSA) is 33.9 Å². The van der Waals surface area contributed by atoms with Crippen molar-refractivity contribution in [1.29, 1.82) is 0 Å². The van der Waals surface area contributed by atoms with Gasteiger partial charge in [0.15, 0.2) is 11.5 Å². The molecule has 0 amide bonds. The van der Waals surface area contributed by atoms with Gasteiger partial charge in [-0.2, -0.15) is 0 Å². The number of nitrogens with one attached hydrogen (secondary N) is 1. The Balaban J connectivity index is 0.00000161. The first-order chi connectivity index (χ1) is 9.70. The Morgan fingerprint density at radius 3 is 2.62 bits per heavy atom. The molecule has 4 heteroatoms. The number of phenols is 1. The van der Waals surface area contributed by atoms with Crippen LogP contribution in [0.1, 0.15) is 11.1 Å². The van der Waals surface area contributed by atoms with Crippen LogP contribution in [0.25, 0.3) is 11.1 Å². The number of likely N-dealkylation sites (N-methyl/N-ethyl adjacent to an activating group) is 1. The maximum atomic E-state index is 10.6. The van der Waals surface area contributed by atoms with Gasteiger partial charge in [-0.3, -0.25) is 0 Å². The van der Waals surface area contributed by atoms with E-state index in [-0.39, 0.29) is 18.2 Å². The second-order valence-corrected chi connectivity index (χ2v) is 5.44. The molecule has 1 unspecified atom stereocenters. The van der Waals surface area contributed by atoms with Gasteiger partial charge in [-0.15, -0.1) is 0 Å². The smallest absolute Gasteiger partial charge is 0.166 e. The third-order valence-corrected chi connectivity index (χ3v) is 4.05. The van der Waals surface area contributed by atoms with E-state index in [1.165, 1.54) is 16.0 Å². The molecule has 0 spiro atoms. The fourth-order valence-electron chi connectivity index (χ4n) is 2.97. The third kappa shape index (κ3) is 2.85. The first-order valence-corrected chi connectivity index (χ1v) is 6.99. The summed E-state index contributed by atoms with van der Waals surface area (Å²) < 4.78 is 5.27. The normalized spacial score (nSPS) is 16.8. The largest absolute Gasteiger partial charge is 1.00 e. The first-order valence-electron chi connectivity index (χ1n) is 6.99. The molecule has 112 valence electrons. The summed E-state index contributed by atoms with van der Waals surface area (Å²) in [6, 6.07) is 12.3. The van der Waals surface area contributed by atoms with Crippen LogP contribution in [0.2, 0.25) is 0 Å². The molecular formula is C17H20ClNO2. The molecule has 0 aromatic heterocycles. The molecule has 3 nitrogen and oxygen atoms in total. The van der Waals surface area contributed by atoms with E-state index >= 15 is 0 Å². The average molecular weight is 306 g/mol. The molecule has 2 N–H and O–H groups in total. The summed E-state index contributed by atoms with van der Waals surface area (Å²) in [5.74, 6) is 0.795. The number of fused-ring (bicyclic) bond motifs is 3. The standard InChI is InChI=1S/C17H19NO2.ClH/c1-18-10-9-12-5-3-4-6-14(12)16-13(11-18)7-8-15(20-2)17(16)19;/h3-8,19H,9-11H2,1-2H3;1H. The molecule has 0 bridgehead atoms. The van der Waals surface area contributed by atoms with Crippen molar-refractivity contribution in [3.05, 3.63) is 47.5 Å². The van der Waals surface area contributed by atoms with Gasteiger partial charge in [0.1, 0.15) is 6.54 Å². The highest BCUT2D eigenvalue weighted by molar-refractivity contribution is 5.79. The molecule has 0 fully saturated rings. The Labute approximate surface area is 131 Å². The lowest BCUT2D eigenvalue weighted by Gasteiger charge is -2.23. The molecule has 3 rings (SSSR count). The van der Waals surface area contributed by atoms with Crippen molar-refractivity contribution in [1.82, 2.24) is 0 Å². The summed E-state index contributed by atoms with van der Waals surface area (Å²) in [7, 11) is 3.78. The van der Waals surface area contributed by atoms with E-state index in [4.69, 9.17) is 4.74 Å². The van der Waals surface area contributed by atoms with Crippen molar-refractivity contribution in [3.8, 4) is 22.6 Å². The predicted molar refractivity (Wildman–Crippen MR) is 79.3 cm³/mol. The maximum Gasteiger partial charge on any atom is 0.166 e. The quantitative estimate of drug-likeness (QED) is 0.683. The number of aromatic hydroxyl groups is 1. The second-order valence-electron chi connectivity index (χ2n) is 5.44.